The number of amides is 1. The molecule has 0 radical (unpaired) electrons. The molecule has 1 aromatic heterocycles. The van der Waals surface area contributed by atoms with Crippen LogP contribution in [0.15, 0.2) is 52.7 Å². The first-order valence-corrected chi connectivity index (χ1v) is 12.7. The van der Waals surface area contributed by atoms with Gasteiger partial charge in [-0.3, -0.25) is 9.59 Å². The van der Waals surface area contributed by atoms with E-state index in [1.165, 1.54) is 29.2 Å². The fourth-order valence-electron chi connectivity index (χ4n) is 3.75. The van der Waals surface area contributed by atoms with Crippen LogP contribution in [0.2, 0.25) is 4.34 Å². The van der Waals surface area contributed by atoms with Gasteiger partial charge in [-0.05, 0) is 54.8 Å². The van der Waals surface area contributed by atoms with Gasteiger partial charge in [0.2, 0.25) is 0 Å². The Balaban J connectivity index is 1.48. The minimum Gasteiger partial charge on any atom is -0.305 e. The first kappa shape index (κ1) is 22.6. The zero-order valence-electron chi connectivity index (χ0n) is 17.1. The molecule has 5 nitrogen and oxygen atoms in total. The Morgan fingerprint density at radius 1 is 1.16 bits per heavy atom. The Kier molecular flexibility index (Phi) is 6.20. The second-order valence-corrected chi connectivity index (χ2v) is 11.6. The minimum atomic E-state index is -3.80. The lowest BCUT2D eigenvalue weighted by atomic mass is 9.96. The number of nitrogens with zero attached hydrogens (tertiary/aromatic N) is 1. The van der Waals surface area contributed by atoms with Crippen molar-refractivity contribution in [1.29, 1.82) is 0 Å². The number of fused-ring (bicyclic) bond motifs is 1. The highest BCUT2D eigenvalue weighted by Crippen LogP contribution is 2.29. The molecule has 0 atom stereocenters. The summed E-state index contributed by atoms with van der Waals surface area (Å²) < 4.78 is 39.9. The number of ketones is 1. The fourth-order valence-corrected chi connectivity index (χ4v) is 6.56. The van der Waals surface area contributed by atoms with Gasteiger partial charge in [-0.2, -0.15) is 0 Å². The lowest BCUT2D eigenvalue weighted by Gasteiger charge is -2.29. The molecule has 166 valence electrons. The molecule has 1 aliphatic rings. The molecule has 2 aromatic carbocycles. The molecular weight excluding hydrogens is 473 g/mol. The maximum Gasteiger partial charge on any atom is 0.258 e. The standard InChI is InChI=1S/C23H19ClFNO4S2/c1-14-2-4-18-16(10-14)8-9-26(23(18)28)20-5-3-15(12-19(20)25)11-17(27)13-32(29,30)22-7-6-21(24)31-22/h2-7,10,12H,8-9,11,13H2,1H3. The average Bonchev–Trinajstić information content (AvgIpc) is 3.16. The van der Waals surface area contributed by atoms with Crippen LogP contribution in [0.5, 0.6) is 0 Å². The molecule has 32 heavy (non-hydrogen) atoms. The predicted molar refractivity (Wildman–Crippen MR) is 123 cm³/mol. The topological polar surface area (TPSA) is 71.5 Å². The summed E-state index contributed by atoms with van der Waals surface area (Å²) in [4.78, 5) is 26.6. The number of Topliss-reactive ketones (excluding diaryl/α,β-unsaturated/α-hetero) is 1. The number of thiophene rings is 1. The number of rotatable bonds is 6. The number of carbonyl (C=O) groups excluding carboxylic acids is 2. The molecule has 3 aromatic rings. The Hall–Kier alpha value is -2.55. The lowest BCUT2D eigenvalue weighted by Crippen LogP contribution is -2.38. The maximum absolute atomic E-state index is 14.9. The van der Waals surface area contributed by atoms with Gasteiger partial charge in [0.1, 0.15) is 15.8 Å². The Bertz CT molecular complexity index is 1330. The molecule has 0 aliphatic carbocycles. The van der Waals surface area contributed by atoms with Crippen molar-refractivity contribution in [2.45, 2.75) is 24.0 Å². The van der Waals surface area contributed by atoms with Crippen LogP contribution in [-0.4, -0.2) is 32.4 Å². The molecule has 0 spiro atoms. The van der Waals surface area contributed by atoms with Crippen molar-refractivity contribution in [2.75, 3.05) is 17.2 Å². The van der Waals surface area contributed by atoms with Crippen LogP contribution in [0.25, 0.3) is 0 Å². The van der Waals surface area contributed by atoms with Crippen LogP contribution < -0.4 is 4.90 Å². The van der Waals surface area contributed by atoms with E-state index in [1.54, 1.807) is 12.1 Å². The van der Waals surface area contributed by atoms with Gasteiger partial charge in [0.05, 0.1) is 10.0 Å². The van der Waals surface area contributed by atoms with E-state index in [-0.39, 0.29) is 22.2 Å². The summed E-state index contributed by atoms with van der Waals surface area (Å²) in [5, 5.41) is 0. The number of sulfone groups is 1. The maximum atomic E-state index is 14.9. The monoisotopic (exact) mass is 491 g/mol. The molecule has 2 heterocycles. The van der Waals surface area contributed by atoms with E-state index >= 15 is 0 Å². The van der Waals surface area contributed by atoms with Crippen molar-refractivity contribution in [2.24, 2.45) is 0 Å². The third kappa shape index (κ3) is 4.62. The summed E-state index contributed by atoms with van der Waals surface area (Å²) in [6.45, 7) is 2.31. The first-order valence-electron chi connectivity index (χ1n) is 9.83. The molecule has 9 heteroatoms. The molecule has 1 aliphatic heterocycles. The van der Waals surface area contributed by atoms with Crippen molar-refractivity contribution in [3.05, 3.63) is 80.9 Å². The Labute approximate surface area is 194 Å². The molecular formula is C23H19ClFNO4S2. The van der Waals surface area contributed by atoms with Crippen LogP contribution in [0, 0.1) is 12.7 Å². The lowest BCUT2D eigenvalue weighted by molar-refractivity contribution is -0.116. The zero-order valence-corrected chi connectivity index (χ0v) is 19.5. The number of carbonyl (C=O) groups is 2. The number of hydrogen-bond donors (Lipinski definition) is 0. The number of anilines is 1. The highest BCUT2D eigenvalue weighted by molar-refractivity contribution is 7.94. The van der Waals surface area contributed by atoms with E-state index in [0.29, 0.717) is 28.4 Å². The summed E-state index contributed by atoms with van der Waals surface area (Å²) in [5.41, 5.74) is 3.05. The molecule has 0 saturated heterocycles. The normalized spacial score (nSPS) is 13.8. The smallest absolute Gasteiger partial charge is 0.258 e. The van der Waals surface area contributed by atoms with Crippen LogP contribution in [-0.2, 0) is 27.5 Å². The quantitative estimate of drug-likeness (QED) is 0.503. The van der Waals surface area contributed by atoms with E-state index in [0.717, 1.165) is 22.5 Å². The van der Waals surface area contributed by atoms with Gasteiger partial charge < -0.3 is 4.90 Å². The van der Waals surface area contributed by atoms with Crippen molar-refractivity contribution in [3.63, 3.8) is 0 Å². The molecule has 0 saturated carbocycles. The Morgan fingerprint density at radius 3 is 2.62 bits per heavy atom. The van der Waals surface area contributed by atoms with Crippen molar-refractivity contribution in [1.82, 2.24) is 0 Å². The van der Waals surface area contributed by atoms with Gasteiger partial charge in [-0.15, -0.1) is 11.3 Å². The predicted octanol–water partition coefficient (Wildman–Crippen LogP) is 4.64. The van der Waals surface area contributed by atoms with Gasteiger partial charge in [0.25, 0.3) is 5.91 Å². The number of halogens is 2. The second kappa shape index (κ2) is 8.77. The summed E-state index contributed by atoms with van der Waals surface area (Å²) in [7, 11) is -3.80. The minimum absolute atomic E-state index is 0.0245. The highest BCUT2D eigenvalue weighted by Gasteiger charge is 2.28. The van der Waals surface area contributed by atoms with Crippen molar-refractivity contribution in [3.8, 4) is 0 Å². The van der Waals surface area contributed by atoms with E-state index < -0.39 is 27.2 Å². The first-order chi connectivity index (χ1) is 15.1. The molecule has 0 bridgehead atoms. The summed E-state index contributed by atoms with van der Waals surface area (Å²) >= 11 is 6.66. The number of hydrogen-bond acceptors (Lipinski definition) is 5. The van der Waals surface area contributed by atoms with E-state index in [9.17, 15) is 22.4 Å². The van der Waals surface area contributed by atoms with Crippen molar-refractivity contribution < 1.29 is 22.4 Å². The number of benzene rings is 2. The SMILES string of the molecule is Cc1ccc2c(c1)CCN(c1ccc(CC(=O)CS(=O)(=O)c3ccc(Cl)s3)cc1F)C2=O. The second-order valence-electron chi connectivity index (χ2n) is 7.69. The highest BCUT2D eigenvalue weighted by atomic mass is 35.5. The van der Waals surface area contributed by atoms with E-state index in [4.69, 9.17) is 11.6 Å². The average molecular weight is 492 g/mol. The summed E-state index contributed by atoms with van der Waals surface area (Å²) in [6.07, 6.45) is 0.388. The summed E-state index contributed by atoms with van der Waals surface area (Å²) in [6, 6.07) is 12.6. The third-order valence-electron chi connectivity index (χ3n) is 5.25. The molecule has 0 unspecified atom stereocenters. The van der Waals surface area contributed by atoms with Gasteiger partial charge in [0, 0.05) is 18.5 Å². The van der Waals surface area contributed by atoms with Gasteiger partial charge >= 0.3 is 0 Å². The third-order valence-corrected chi connectivity index (χ3v) is 8.74. The Morgan fingerprint density at radius 2 is 1.94 bits per heavy atom. The summed E-state index contributed by atoms with van der Waals surface area (Å²) in [5.74, 6) is -2.14. The molecule has 4 rings (SSSR count). The van der Waals surface area contributed by atoms with Gasteiger partial charge in [-0.25, -0.2) is 12.8 Å². The van der Waals surface area contributed by atoms with E-state index in [2.05, 4.69) is 0 Å². The van der Waals surface area contributed by atoms with Crippen LogP contribution in [0.3, 0.4) is 0 Å². The fraction of sp³-hybridized carbons (Fsp3) is 0.217. The largest absolute Gasteiger partial charge is 0.305 e. The van der Waals surface area contributed by atoms with Gasteiger partial charge in [0.15, 0.2) is 15.6 Å². The molecule has 0 fully saturated rings. The van der Waals surface area contributed by atoms with Crippen molar-refractivity contribution >= 4 is 50.2 Å². The zero-order chi connectivity index (χ0) is 23.0. The van der Waals surface area contributed by atoms with Gasteiger partial charge in [-0.1, -0.05) is 35.4 Å². The number of aryl methyl sites for hydroxylation is 1. The van der Waals surface area contributed by atoms with Crippen LogP contribution in [0.4, 0.5) is 10.1 Å². The van der Waals surface area contributed by atoms with Crippen LogP contribution in [0.1, 0.15) is 27.0 Å². The van der Waals surface area contributed by atoms with E-state index in [1.807, 2.05) is 19.1 Å². The van der Waals surface area contributed by atoms with Crippen LogP contribution >= 0.6 is 22.9 Å². The molecule has 1 amide bonds. The molecule has 0 N–H and O–H groups in total.